The standard InChI is InChI=1S/C65H121NO10/c1-4-7-10-13-16-19-22-25-26-27-28-29-30-31-32-33-34-35-38-41-44-47-50-53-60(70)76-63-62(72)61(71)59(54-67)75-65(63)74-55-56(57(68)51-48-45-42-39-36-23-20-17-14-11-8-5-2)66-64(73)58(69)52-49-46-43-40-37-24-21-18-15-12-9-6-3/h16,19,25-26,48,51,56-59,61-63,65,67-69,71-72H,4-15,17-18,20-24,27-47,49-50,52-55H2,1-3H3,(H,66,73)/b19-16-,26-25-,51-48+. The average molecular weight is 1080 g/mol. The number of carbonyl (C=O) groups excluding carboxylic acids is 2. The van der Waals surface area contributed by atoms with Crippen LogP contribution in [0.4, 0.5) is 0 Å². The molecule has 76 heavy (non-hydrogen) atoms. The highest BCUT2D eigenvalue weighted by atomic mass is 16.7. The zero-order chi connectivity index (χ0) is 55.4. The van der Waals surface area contributed by atoms with Gasteiger partial charge in [0.2, 0.25) is 5.91 Å². The number of hydrogen-bond acceptors (Lipinski definition) is 10. The minimum absolute atomic E-state index is 0.126. The van der Waals surface area contributed by atoms with Crippen molar-refractivity contribution in [1.29, 1.82) is 0 Å². The third kappa shape index (κ3) is 41.0. The van der Waals surface area contributed by atoms with Gasteiger partial charge in [-0.2, -0.15) is 0 Å². The lowest BCUT2D eigenvalue weighted by Gasteiger charge is -2.41. The Morgan fingerprint density at radius 1 is 0.513 bits per heavy atom. The SMILES string of the molecule is CCCCC/C=C\C/C=C\CCCCCCCCCCCCCCCC(=O)OC1C(OCC(NC(=O)C(O)CCCCCCCCCCCCCC)C(O)/C=C/CCCCCCCCCCCC)OC(CO)C(O)C1O. The molecule has 1 fully saturated rings. The van der Waals surface area contributed by atoms with E-state index in [4.69, 9.17) is 14.2 Å². The molecule has 8 unspecified atom stereocenters. The Bertz CT molecular complexity index is 1380. The quantitative estimate of drug-likeness (QED) is 0.0195. The first-order valence-corrected chi connectivity index (χ1v) is 32.3. The Morgan fingerprint density at radius 3 is 1.37 bits per heavy atom. The fraction of sp³-hybridized carbons (Fsp3) is 0.877. The van der Waals surface area contributed by atoms with Crippen molar-refractivity contribution in [2.45, 2.75) is 352 Å². The molecule has 8 atom stereocenters. The van der Waals surface area contributed by atoms with Crippen LogP contribution in [0.3, 0.4) is 0 Å². The smallest absolute Gasteiger partial charge is 0.306 e. The Balaban J connectivity index is 2.59. The first-order chi connectivity index (χ1) is 37.2. The van der Waals surface area contributed by atoms with E-state index < -0.39 is 67.4 Å². The molecule has 446 valence electrons. The molecule has 1 aliphatic rings. The molecule has 0 aromatic rings. The Hall–Kier alpha value is -2.12. The number of nitrogens with one attached hydrogen (secondary N) is 1. The lowest BCUT2D eigenvalue weighted by atomic mass is 9.99. The fourth-order valence-electron chi connectivity index (χ4n) is 10.2. The Labute approximate surface area is 466 Å². The summed E-state index contributed by atoms with van der Waals surface area (Å²) < 4.78 is 17.6. The van der Waals surface area contributed by atoms with E-state index in [0.717, 1.165) is 64.2 Å². The highest BCUT2D eigenvalue weighted by molar-refractivity contribution is 5.80. The van der Waals surface area contributed by atoms with Gasteiger partial charge in [-0.3, -0.25) is 9.59 Å². The molecule has 6 N–H and O–H groups in total. The van der Waals surface area contributed by atoms with E-state index in [9.17, 15) is 35.1 Å². The Morgan fingerprint density at radius 2 is 0.908 bits per heavy atom. The summed E-state index contributed by atoms with van der Waals surface area (Å²) in [5.74, 6) is -1.18. The van der Waals surface area contributed by atoms with E-state index in [2.05, 4.69) is 50.4 Å². The fourth-order valence-corrected chi connectivity index (χ4v) is 10.2. The molecule has 0 spiro atoms. The van der Waals surface area contributed by atoms with Gasteiger partial charge in [-0.15, -0.1) is 0 Å². The van der Waals surface area contributed by atoms with E-state index >= 15 is 0 Å². The molecule has 1 rings (SSSR count). The average Bonchev–Trinajstić information content (AvgIpc) is 3.42. The highest BCUT2D eigenvalue weighted by Crippen LogP contribution is 2.26. The molecule has 1 aliphatic heterocycles. The predicted molar refractivity (Wildman–Crippen MR) is 315 cm³/mol. The normalized spacial score (nSPS) is 19.3. The molecule has 0 radical (unpaired) electrons. The number of unbranched alkanes of at least 4 members (excludes halogenated alkanes) is 37. The molecular weight excluding hydrogens is 955 g/mol. The minimum Gasteiger partial charge on any atom is -0.454 e. The van der Waals surface area contributed by atoms with Crippen LogP contribution in [0.5, 0.6) is 0 Å². The van der Waals surface area contributed by atoms with Crippen LogP contribution in [-0.2, 0) is 23.8 Å². The molecule has 0 bridgehead atoms. The predicted octanol–water partition coefficient (Wildman–Crippen LogP) is 15.5. The van der Waals surface area contributed by atoms with Crippen LogP contribution in [0.2, 0.25) is 0 Å². The number of esters is 1. The van der Waals surface area contributed by atoms with Crippen LogP contribution in [0.1, 0.15) is 303 Å². The minimum atomic E-state index is -1.61. The van der Waals surface area contributed by atoms with Gasteiger partial charge in [-0.25, -0.2) is 0 Å². The highest BCUT2D eigenvalue weighted by Gasteiger charge is 2.47. The Kier molecular flexibility index (Phi) is 50.6. The van der Waals surface area contributed by atoms with Crippen molar-refractivity contribution in [2.24, 2.45) is 0 Å². The zero-order valence-corrected chi connectivity index (χ0v) is 49.4. The van der Waals surface area contributed by atoms with Crippen molar-refractivity contribution >= 4 is 11.9 Å². The summed E-state index contributed by atoms with van der Waals surface area (Å²) in [6.45, 7) is 5.78. The van der Waals surface area contributed by atoms with Gasteiger partial charge >= 0.3 is 5.97 Å². The summed E-state index contributed by atoms with van der Waals surface area (Å²) in [5, 5.41) is 57.0. The maximum atomic E-state index is 13.4. The van der Waals surface area contributed by atoms with E-state index in [-0.39, 0.29) is 13.0 Å². The van der Waals surface area contributed by atoms with Crippen molar-refractivity contribution < 1.29 is 49.3 Å². The first kappa shape index (κ1) is 71.9. The van der Waals surface area contributed by atoms with Gasteiger partial charge in [0.25, 0.3) is 0 Å². The number of amides is 1. The van der Waals surface area contributed by atoms with Crippen LogP contribution < -0.4 is 5.32 Å². The lowest BCUT2D eigenvalue weighted by Crippen LogP contribution is -2.61. The molecule has 1 saturated heterocycles. The molecule has 1 amide bonds. The third-order valence-electron chi connectivity index (χ3n) is 15.3. The second-order valence-corrected chi connectivity index (χ2v) is 22.5. The second kappa shape index (κ2) is 53.5. The summed E-state index contributed by atoms with van der Waals surface area (Å²) in [5.41, 5.74) is 0. The van der Waals surface area contributed by atoms with E-state index in [1.807, 2.05) is 6.08 Å². The van der Waals surface area contributed by atoms with Crippen molar-refractivity contribution in [1.82, 2.24) is 5.32 Å². The second-order valence-electron chi connectivity index (χ2n) is 22.5. The van der Waals surface area contributed by atoms with Crippen molar-refractivity contribution in [3.05, 3.63) is 36.5 Å². The van der Waals surface area contributed by atoms with Gasteiger partial charge < -0.3 is 45.1 Å². The number of ether oxygens (including phenoxy) is 3. The van der Waals surface area contributed by atoms with Gasteiger partial charge in [0.1, 0.15) is 24.4 Å². The van der Waals surface area contributed by atoms with Gasteiger partial charge in [-0.05, 0) is 57.8 Å². The molecule has 11 heteroatoms. The maximum absolute atomic E-state index is 13.4. The van der Waals surface area contributed by atoms with Crippen LogP contribution in [0.25, 0.3) is 0 Å². The largest absolute Gasteiger partial charge is 0.454 e. The van der Waals surface area contributed by atoms with Crippen LogP contribution in [0.15, 0.2) is 36.5 Å². The van der Waals surface area contributed by atoms with Crippen molar-refractivity contribution in [3.8, 4) is 0 Å². The van der Waals surface area contributed by atoms with Crippen LogP contribution >= 0.6 is 0 Å². The summed E-state index contributed by atoms with van der Waals surface area (Å²) >= 11 is 0. The number of hydrogen-bond donors (Lipinski definition) is 6. The summed E-state index contributed by atoms with van der Waals surface area (Å²) in [6.07, 6.45) is 53.3. The monoisotopic (exact) mass is 1080 g/mol. The van der Waals surface area contributed by atoms with Crippen molar-refractivity contribution in [3.63, 3.8) is 0 Å². The summed E-state index contributed by atoms with van der Waals surface area (Å²) in [7, 11) is 0. The molecular formula is C65H121NO10. The first-order valence-electron chi connectivity index (χ1n) is 32.3. The van der Waals surface area contributed by atoms with Gasteiger partial charge in [0.05, 0.1) is 25.4 Å². The van der Waals surface area contributed by atoms with Gasteiger partial charge in [0.15, 0.2) is 12.4 Å². The molecule has 0 aromatic heterocycles. The number of rotatable bonds is 55. The number of allylic oxidation sites excluding steroid dienone is 5. The van der Waals surface area contributed by atoms with Gasteiger partial charge in [0, 0.05) is 6.42 Å². The summed E-state index contributed by atoms with van der Waals surface area (Å²) in [4.78, 5) is 26.5. The molecule has 0 aromatic carbocycles. The maximum Gasteiger partial charge on any atom is 0.306 e. The zero-order valence-electron chi connectivity index (χ0n) is 49.4. The number of aliphatic hydroxyl groups excluding tert-OH is 5. The van der Waals surface area contributed by atoms with E-state index in [1.165, 1.54) is 193 Å². The lowest BCUT2D eigenvalue weighted by molar-refractivity contribution is -0.305. The van der Waals surface area contributed by atoms with Crippen LogP contribution in [-0.4, -0.2) is 99.6 Å². The number of aliphatic hydroxyl groups is 5. The molecule has 11 nitrogen and oxygen atoms in total. The van der Waals surface area contributed by atoms with E-state index in [1.54, 1.807) is 6.08 Å². The third-order valence-corrected chi connectivity index (χ3v) is 15.3. The topological polar surface area (TPSA) is 175 Å². The van der Waals surface area contributed by atoms with E-state index in [0.29, 0.717) is 19.3 Å². The van der Waals surface area contributed by atoms with Gasteiger partial charge in [-0.1, -0.05) is 276 Å². The molecule has 0 saturated carbocycles. The molecule has 0 aliphatic carbocycles. The summed E-state index contributed by atoms with van der Waals surface area (Å²) in [6, 6.07) is -1.02. The number of carbonyl (C=O) groups is 2. The van der Waals surface area contributed by atoms with Crippen molar-refractivity contribution in [2.75, 3.05) is 13.2 Å². The molecule has 1 heterocycles. The van der Waals surface area contributed by atoms with Crippen LogP contribution in [0, 0.1) is 0 Å².